The standard InChI is InChI=1S/C58H91NO6Si3/c1-54(2,3)62-53(60)59-51(43-50(64-67(15,16)56(7,8)9)41-31-40-49(42-45-32-23-19-24-33-45)63-66(13,14)55(4,5)6)52(65-68(17,18)57(10,11)12)44-61-58(46-34-25-20-26-35-46,47-36-27-21-28-37-47)48-38-29-22-30-39-48/h19-30,32-39,49-52H,31,40-44H2,1-18H3,(H,59,60)/t49-,50+,51-,52-/m1/s1. The lowest BCUT2D eigenvalue weighted by Crippen LogP contribution is -2.56. The third-order valence-electron chi connectivity index (χ3n) is 14.8. The lowest BCUT2D eigenvalue weighted by molar-refractivity contribution is -0.0492. The Bertz CT molecular complexity index is 2010. The Labute approximate surface area is 417 Å². The Morgan fingerprint density at radius 3 is 1.28 bits per heavy atom. The first-order valence-corrected chi connectivity index (χ1v) is 34.0. The van der Waals surface area contributed by atoms with Gasteiger partial charge in [0.05, 0.1) is 18.8 Å². The second-order valence-corrected chi connectivity index (χ2v) is 38.9. The van der Waals surface area contributed by atoms with E-state index in [1.54, 1.807) is 0 Å². The zero-order chi connectivity index (χ0) is 50.8. The van der Waals surface area contributed by atoms with Gasteiger partial charge in [-0.1, -0.05) is 184 Å². The van der Waals surface area contributed by atoms with Crippen LogP contribution in [0, 0.1) is 0 Å². The highest BCUT2D eigenvalue weighted by Crippen LogP contribution is 2.44. The summed E-state index contributed by atoms with van der Waals surface area (Å²) in [7, 11) is -6.95. The largest absolute Gasteiger partial charge is 0.444 e. The fourth-order valence-electron chi connectivity index (χ4n) is 7.87. The summed E-state index contributed by atoms with van der Waals surface area (Å²) in [4.78, 5) is 14.3. The summed E-state index contributed by atoms with van der Waals surface area (Å²) in [5.74, 6) is 0. The summed E-state index contributed by atoms with van der Waals surface area (Å²) >= 11 is 0. The molecule has 1 amide bonds. The van der Waals surface area contributed by atoms with E-state index in [2.05, 4.69) is 210 Å². The molecule has 1 N–H and O–H groups in total. The number of carbonyl (C=O) groups excluding carboxylic acids is 1. The van der Waals surface area contributed by atoms with E-state index in [0.717, 1.165) is 42.4 Å². The molecule has 4 aromatic rings. The second-order valence-electron chi connectivity index (χ2n) is 24.6. The van der Waals surface area contributed by atoms with Gasteiger partial charge in [-0.25, -0.2) is 4.79 Å². The average Bonchev–Trinajstić information content (AvgIpc) is 3.22. The Kier molecular flexibility index (Phi) is 19.6. The highest BCUT2D eigenvalue weighted by molar-refractivity contribution is 6.75. The SMILES string of the molecule is CC(C)(C)OC(=O)N[C@H](C[C@H](CCC[C@H](Cc1ccccc1)O[Si](C)(C)C(C)(C)C)O[Si](C)(C)C(C)(C)C)[C@@H](COC(c1ccccc1)(c1ccccc1)c1ccccc1)O[Si](C)(C)C(C)(C)C. The first-order chi connectivity index (χ1) is 31.4. The van der Waals surface area contributed by atoms with Gasteiger partial charge < -0.3 is 28.1 Å². The molecule has 0 fully saturated rings. The van der Waals surface area contributed by atoms with Crippen LogP contribution in [0.4, 0.5) is 4.79 Å². The van der Waals surface area contributed by atoms with Crippen LogP contribution in [0.3, 0.4) is 0 Å². The van der Waals surface area contributed by atoms with Crippen molar-refractivity contribution in [1.29, 1.82) is 0 Å². The molecule has 0 aliphatic carbocycles. The van der Waals surface area contributed by atoms with Crippen LogP contribution in [-0.4, -0.2) is 67.6 Å². The third kappa shape index (κ3) is 16.1. The van der Waals surface area contributed by atoms with Gasteiger partial charge in [0.25, 0.3) is 0 Å². The molecule has 0 spiro atoms. The molecule has 4 aromatic carbocycles. The number of amides is 1. The molecule has 0 saturated carbocycles. The van der Waals surface area contributed by atoms with Crippen molar-refractivity contribution in [2.24, 2.45) is 0 Å². The summed E-state index contributed by atoms with van der Waals surface area (Å²) in [5, 5.41) is 3.32. The maximum Gasteiger partial charge on any atom is 0.407 e. The summed E-state index contributed by atoms with van der Waals surface area (Å²) in [6.07, 6.45) is 2.76. The van der Waals surface area contributed by atoms with Crippen LogP contribution in [-0.2, 0) is 34.8 Å². The van der Waals surface area contributed by atoms with Crippen molar-refractivity contribution in [3.05, 3.63) is 144 Å². The van der Waals surface area contributed by atoms with Gasteiger partial charge in [-0.2, -0.15) is 0 Å². The Hall–Kier alpha value is -3.36. The minimum atomic E-state index is -2.52. The summed E-state index contributed by atoms with van der Waals surface area (Å²) in [6.45, 7) is 40.4. The number of hydrogen-bond acceptors (Lipinski definition) is 6. The van der Waals surface area contributed by atoms with Gasteiger partial charge in [0.1, 0.15) is 11.2 Å². The van der Waals surface area contributed by atoms with Gasteiger partial charge in [-0.05, 0) is 130 Å². The number of alkyl carbamates (subject to hydrolysis) is 1. The highest BCUT2D eigenvalue weighted by atomic mass is 28.4. The van der Waals surface area contributed by atoms with Gasteiger partial charge in [-0.3, -0.25) is 0 Å². The van der Waals surface area contributed by atoms with Gasteiger partial charge in [0.2, 0.25) is 0 Å². The minimum Gasteiger partial charge on any atom is -0.444 e. The fourth-order valence-corrected chi connectivity index (χ4v) is 12.0. The second kappa shape index (κ2) is 23.2. The Balaban J connectivity index is 1.87. The van der Waals surface area contributed by atoms with E-state index in [0.29, 0.717) is 6.42 Å². The van der Waals surface area contributed by atoms with Crippen molar-refractivity contribution < 1.29 is 27.5 Å². The number of rotatable bonds is 22. The van der Waals surface area contributed by atoms with Gasteiger partial charge in [0.15, 0.2) is 25.0 Å². The first-order valence-electron chi connectivity index (χ1n) is 25.2. The Morgan fingerprint density at radius 2 is 0.882 bits per heavy atom. The van der Waals surface area contributed by atoms with Crippen LogP contribution < -0.4 is 5.32 Å². The zero-order valence-corrected chi connectivity index (χ0v) is 48.5. The summed E-state index contributed by atoms with van der Waals surface area (Å²) in [6, 6.07) is 41.6. The molecule has 0 radical (unpaired) electrons. The van der Waals surface area contributed by atoms with Crippen LogP contribution in [0.2, 0.25) is 54.4 Å². The molecule has 4 rings (SSSR count). The maximum atomic E-state index is 14.3. The fraction of sp³-hybridized carbons (Fsp3) is 0.569. The van der Waals surface area contributed by atoms with Gasteiger partial charge in [-0.15, -0.1) is 0 Å². The van der Waals surface area contributed by atoms with Crippen LogP contribution in [0.25, 0.3) is 0 Å². The van der Waals surface area contributed by atoms with E-state index in [9.17, 15) is 4.79 Å². The number of ether oxygens (including phenoxy) is 2. The van der Waals surface area contributed by atoms with Crippen LogP contribution in [0.15, 0.2) is 121 Å². The predicted octanol–water partition coefficient (Wildman–Crippen LogP) is 15.9. The highest BCUT2D eigenvalue weighted by Gasteiger charge is 2.46. The van der Waals surface area contributed by atoms with Crippen LogP contribution in [0.5, 0.6) is 0 Å². The number of nitrogens with one attached hydrogen (secondary N) is 1. The van der Waals surface area contributed by atoms with Crippen molar-refractivity contribution in [3.8, 4) is 0 Å². The molecule has 0 unspecified atom stereocenters. The number of benzene rings is 4. The Morgan fingerprint density at radius 1 is 0.515 bits per heavy atom. The van der Waals surface area contributed by atoms with E-state index >= 15 is 0 Å². The van der Waals surface area contributed by atoms with E-state index in [1.807, 2.05) is 39.0 Å². The molecule has 4 atom stereocenters. The lowest BCUT2D eigenvalue weighted by Gasteiger charge is -2.45. The number of carbonyl (C=O) groups is 1. The van der Waals surface area contributed by atoms with Crippen LogP contribution >= 0.6 is 0 Å². The zero-order valence-electron chi connectivity index (χ0n) is 45.5. The lowest BCUT2D eigenvalue weighted by atomic mass is 9.80. The summed E-state index contributed by atoms with van der Waals surface area (Å²) in [5.41, 5.74) is 2.59. The topological polar surface area (TPSA) is 75.3 Å². The van der Waals surface area contributed by atoms with Crippen molar-refractivity contribution >= 4 is 31.0 Å². The molecule has 0 aliphatic heterocycles. The molecule has 0 heterocycles. The minimum absolute atomic E-state index is 0.0402. The average molecular weight is 983 g/mol. The first kappa shape index (κ1) is 57.2. The summed E-state index contributed by atoms with van der Waals surface area (Å²) < 4.78 is 36.0. The monoisotopic (exact) mass is 982 g/mol. The predicted molar refractivity (Wildman–Crippen MR) is 293 cm³/mol. The quantitative estimate of drug-likeness (QED) is 0.0625. The van der Waals surface area contributed by atoms with Gasteiger partial charge in [0, 0.05) is 12.2 Å². The molecule has 0 aromatic heterocycles. The normalized spacial score (nSPS) is 15.3. The molecule has 0 bridgehead atoms. The van der Waals surface area contributed by atoms with E-state index in [-0.39, 0.29) is 33.9 Å². The number of hydrogen-bond donors (Lipinski definition) is 1. The van der Waals surface area contributed by atoms with Crippen LogP contribution in [0.1, 0.15) is 131 Å². The molecule has 68 heavy (non-hydrogen) atoms. The van der Waals surface area contributed by atoms with E-state index in [4.69, 9.17) is 22.8 Å². The van der Waals surface area contributed by atoms with Crippen molar-refractivity contribution in [2.75, 3.05) is 6.61 Å². The molecule has 10 heteroatoms. The van der Waals surface area contributed by atoms with E-state index in [1.165, 1.54) is 5.56 Å². The molecule has 7 nitrogen and oxygen atoms in total. The third-order valence-corrected chi connectivity index (χ3v) is 28.4. The smallest absolute Gasteiger partial charge is 0.407 e. The molecular weight excluding hydrogens is 891 g/mol. The van der Waals surface area contributed by atoms with Crippen molar-refractivity contribution in [2.45, 2.75) is 205 Å². The maximum absolute atomic E-state index is 14.3. The van der Waals surface area contributed by atoms with Crippen molar-refractivity contribution in [1.82, 2.24) is 5.32 Å². The molecule has 0 saturated heterocycles. The van der Waals surface area contributed by atoms with E-state index < -0.39 is 54.4 Å². The molecule has 0 aliphatic rings. The molecule has 376 valence electrons. The molecular formula is C58H91NO6Si3. The van der Waals surface area contributed by atoms with Gasteiger partial charge >= 0.3 is 6.09 Å². The van der Waals surface area contributed by atoms with Crippen molar-refractivity contribution in [3.63, 3.8) is 0 Å².